The highest BCUT2D eigenvalue weighted by atomic mass is 16.1. The van der Waals surface area contributed by atoms with Crippen LogP contribution < -0.4 is 5.32 Å². The molecule has 2 aromatic heterocycles. The standard InChI is InChI=1S/C11H12N4O/c1-7-3-4-9(8(2)13-7)11(16)14-10-5-6-12-15-10/h3-6H,1-2H3,(H2,12,14,15,16). The number of H-pyrrole nitrogens is 1. The van der Waals surface area contributed by atoms with E-state index >= 15 is 0 Å². The van der Waals surface area contributed by atoms with Crippen molar-refractivity contribution in [2.75, 3.05) is 5.32 Å². The lowest BCUT2D eigenvalue weighted by molar-refractivity contribution is 0.102. The lowest BCUT2D eigenvalue weighted by atomic mass is 10.2. The van der Waals surface area contributed by atoms with Crippen molar-refractivity contribution in [3.63, 3.8) is 0 Å². The molecule has 0 aromatic carbocycles. The first kappa shape index (κ1) is 10.4. The number of anilines is 1. The van der Waals surface area contributed by atoms with Crippen LogP contribution in [0.15, 0.2) is 24.4 Å². The number of aromatic nitrogens is 3. The summed E-state index contributed by atoms with van der Waals surface area (Å²) in [4.78, 5) is 16.1. The summed E-state index contributed by atoms with van der Waals surface area (Å²) in [5.41, 5.74) is 2.19. The summed E-state index contributed by atoms with van der Waals surface area (Å²) >= 11 is 0. The Balaban J connectivity index is 2.21. The Labute approximate surface area is 92.9 Å². The average molecular weight is 216 g/mol. The zero-order valence-corrected chi connectivity index (χ0v) is 9.11. The van der Waals surface area contributed by atoms with Gasteiger partial charge < -0.3 is 5.32 Å². The molecule has 0 aliphatic carbocycles. The summed E-state index contributed by atoms with van der Waals surface area (Å²) in [6, 6.07) is 5.27. The Hall–Kier alpha value is -2.17. The van der Waals surface area contributed by atoms with E-state index < -0.39 is 0 Å². The number of aryl methyl sites for hydroxylation is 2. The normalized spacial score (nSPS) is 10.1. The minimum absolute atomic E-state index is 0.186. The first-order valence-corrected chi connectivity index (χ1v) is 4.92. The van der Waals surface area contributed by atoms with Crippen LogP contribution in [-0.2, 0) is 0 Å². The van der Waals surface area contributed by atoms with Gasteiger partial charge in [0.25, 0.3) is 5.91 Å². The smallest absolute Gasteiger partial charge is 0.258 e. The predicted octanol–water partition coefficient (Wildman–Crippen LogP) is 1.67. The van der Waals surface area contributed by atoms with Crippen molar-refractivity contribution < 1.29 is 4.79 Å². The molecule has 5 heteroatoms. The van der Waals surface area contributed by atoms with Crippen molar-refractivity contribution in [1.82, 2.24) is 15.2 Å². The van der Waals surface area contributed by atoms with E-state index in [4.69, 9.17) is 0 Å². The highest BCUT2D eigenvalue weighted by Crippen LogP contribution is 2.09. The van der Waals surface area contributed by atoms with Gasteiger partial charge in [-0.25, -0.2) is 0 Å². The third-order valence-electron chi connectivity index (χ3n) is 2.22. The summed E-state index contributed by atoms with van der Waals surface area (Å²) in [6.45, 7) is 3.71. The maximum atomic E-state index is 11.8. The van der Waals surface area contributed by atoms with E-state index in [1.807, 2.05) is 19.9 Å². The topological polar surface area (TPSA) is 70.7 Å². The van der Waals surface area contributed by atoms with Crippen molar-refractivity contribution in [2.45, 2.75) is 13.8 Å². The molecule has 0 atom stereocenters. The molecule has 16 heavy (non-hydrogen) atoms. The Morgan fingerprint density at radius 1 is 1.31 bits per heavy atom. The largest absolute Gasteiger partial charge is 0.307 e. The van der Waals surface area contributed by atoms with Crippen molar-refractivity contribution in [2.24, 2.45) is 0 Å². The molecule has 0 saturated heterocycles. The average Bonchev–Trinajstić information content (AvgIpc) is 2.70. The highest BCUT2D eigenvalue weighted by molar-refractivity contribution is 6.04. The first-order chi connectivity index (χ1) is 7.66. The first-order valence-electron chi connectivity index (χ1n) is 4.92. The molecule has 0 bridgehead atoms. The van der Waals surface area contributed by atoms with Crippen molar-refractivity contribution in [3.8, 4) is 0 Å². The zero-order chi connectivity index (χ0) is 11.5. The molecular formula is C11H12N4O. The second kappa shape index (κ2) is 4.14. The molecule has 1 amide bonds. The molecule has 0 fully saturated rings. The number of pyridine rings is 1. The van der Waals surface area contributed by atoms with E-state index in [2.05, 4.69) is 20.5 Å². The van der Waals surface area contributed by atoms with Crippen LogP contribution in [0.5, 0.6) is 0 Å². The second-order valence-corrected chi connectivity index (χ2v) is 3.51. The number of rotatable bonds is 2. The Morgan fingerprint density at radius 3 is 2.75 bits per heavy atom. The van der Waals surface area contributed by atoms with Crippen LogP contribution in [0.25, 0.3) is 0 Å². The fourth-order valence-corrected chi connectivity index (χ4v) is 1.44. The van der Waals surface area contributed by atoms with E-state index in [1.165, 1.54) is 0 Å². The predicted molar refractivity (Wildman–Crippen MR) is 60.3 cm³/mol. The van der Waals surface area contributed by atoms with Crippen LogP contribution in [0.4, 0.5) is 5.82 Å². The molecule has 0 aliphatic heterocycles. The SMILES string of the molecule is Cc1ccc(C(=O)Nc2ccn[nH]2)c(C)n1. The summed E-state index contributed by atoms with van der Waals surface area (Å²) in [5.74, 6) is 0.388. The van der Waals surface area contributed by atoms with Crippen LogP contribution in [-0.4, -0.2) is 21.1 Å². The molecule has 0 aliphatic rings. The van der Waals surface area contributed by atoms with Gasteiger partial charge in [0.15, 0.2) is 0 Å². The number of aromatic amines is 1. The number of hydrogen-bond donors (Lipinski definition) is 2. The Bertz CT molecular complexity index is 505. The van der Waals surface area contributed by atoms with Crippen molar-refractivity contribution in [1.29, 1.82) is 0 Å². The molecule has 0 spiro atoms. The number of amides is 1. The van der Waals surface area contributed by atoms with E-state index in [0.717, 1.165) is 11.4 Å². The number of nitrogens with zero attached hydrogens (tertiary/aromatic N) is 2. The molecule has 2 rings (SSSR count). The monoisotopic (exact) mass is 216 g/mol. The van der Waals surface area contributed by atoms with Gasteiger partial charge in [-0.05, 0) is 26.0 Å². The van der Waals surface area contributed by atoms with E-state index in [9.17, 15) is 4.79 Å². The minimum atomic E-state index is -0.186. The summed E-state index contributed by atoms with van der Waals surface area (Å²) in [7, 11) is 0. The van der Waals surface area contributed by atoms with E-state index in [1.54, 1.807) is 18.3 Å². The lowest BCUT2D eigenvalue weighted by Gasteiger charge is -2.05. The van der Waals surface area contributed by atoms with Gasteiger partial charge in [-0.15, -0.1) is 0 Å². The third-order valence-corrected chi connectivity index (χ3v) is 2.22. The number of nitrogens with one attached hydrogen (secondary N) is 2. The molecule has 2 heterocycles. The quantitative estimate of drug-likeness (QED) is 0.802. The molecule has 0 saturated carbocycles. The van der Waals surface area contributed by atoms with Crippen molar-refractivity contribution >= 4 is 11.7 Å². The maximum Gasteiger partial charge on any atom is 0.258 e. The highest BCUT2D eigenvalue weighted by Gasteiger charge is 2.10. The number of hydrogen-bond acceptors (Lipinski definition) is 3. The Morgan fingerprint density at radius 2 is 2.12 bits per heavy atom. The molecule has 82 valence electrons. The molecule has 2 aromatic rings. The van der Waals surface area contributed by atoms with Gasteiger partial charge in [0.1, 0.15) is 5.82 Å². The molecule has 5 nitrogen and oxygen atoms in total. The van der Waals surface area contributed by atoms with Crippen LogP contribution in [0, 0.1) is 13.8 Å². The second-order valence-electron chi connectivity index (χ2n) is 3.51. The molecule has 2 N–H and O–H groups in total. The fourth-order valence-electron chi connectivity index (χ4n) is 1.44. The third kappa shape index (κ3) is 2.08. The number of carbonyl (C=O) groups is 1. The minimum Gasteiger partial charge on any atom is -0.307 e. The van der Waals surface area contributed by atoms with Gasteiger partial charge in [0.05, 0.1) is 17.5 Å². The van der Waals surface area contributed by atoms with Gasteiger partial charge in [-0.3, -0.25) is 14.9 Å². The van der Waals surface area contributed by atoms with E-state index in [0.29, 0.717) is 11.4 Å². The summed E-state index contributed by atoms with van der Waals surface area (Å²) < 4.78 is 0. The van der Waals surface area contributed by atoms with E-state index in [-0.39, 0.29) is 5.91 Å². The molecule has 0 radical (unpaired) electrons. The van der Waals surface area contributed by atoms with Gasteiger partial charge in [0, 0.05) is 11.8 Å². The van der Waals surface area contributed by atoms with Gasteiger partial charge in [0.2, 0.25) is 0 Å². The maximum absolute atomic E-state index is 11.8. The molecule has 0 unspecified atom stereocenters. The van der Waals surface area contributed by atoms with Gasteiger partial charge in [-0.2, -0.15) is 5.10 Å². The molecular weight excluding hydrogens is 204 g/mol. The fraction of sp³-hybridized carbons (Fsp3) is 0.182. The van der Waals surface area contributed by atoms with Crippen LogP contribution in [0.3, 0.4) is 0 Å². The van der Waals surface area contributed by atoms with Crippen LogP contribution in [0.1, 0.15) is 21.7 Å². The van der Waals surface area contributed by atoms with Gasteiger partial charge in [-0.1, -0.05) is 0 Å². The van der Waals surface area contributed by atoms with Crippen molar-refractivity contribution in [3.05, 3.63) is 41.3 Å². The van der Waals surface area contributed by atoms with Gasteiger partial charge >= 0.3 is 0 Å². The summed E-state index contributed by atoms with van der Waals surface area (Å²) in [5, 5.41) is 9.12. The Kier molecular flexibility index (Phi) is 2.68. The van der Waals surface area contributed by atoms with Crippen LogP contribution in [0.2, 0.25) is 0 Å². The lowest BCUT2D eigenvalue weighted by Crippen LogP contribution is -2.14. The summed E-state index contributed by atoms with van der Waals surface area (Å²) in [6.07, 6.45) is 1.58. The number of carbonyl (C=O) groups excluding carboxylic acids is 1. The zero-order valence-electron chi connectivity index (χ0n) is 9.11. The van der Waals surface area contributed by atoms with Crippen LogP contribution >= 0.6 is 0 Å².